The Labute approximate surface area is 106 Å². The molecule has 0 spiro atoms. The lowest BCUT2D eigenvalue weighted by atomic mass is 9.97. The molecule has 0 aliphatic heterocycles. The second kappa shape index (κ2) is 6.80. The van der Waals surface area contributed by atoms with Crippen LogP contribution in [0.3, 0.4) is 0 Å². The predicted molar refractivity (Wildman–Crippen MR) is 73.2 cm³/mol. The zero-order chi connectivity index (χ0) is 12.8. The highest BCUT2D eigenvalue weighted by Gasteiger charge is 2.14. The summed E-state index contributed by atoms with van der Waals surface area (Å²) in [5.41, 5.74) is 2.54. The molecule has 2 unspecified atom stereocenters. The van der Waals surface area contributed by atoms with Gasteiger partial charge in [-0.15, -0.1) is 0 Å². The fourth-order valence-electron chi connectivity index (χ4n) is 2.02. The molecular formula is C14H27N3. The minimum absolute atomic E-state index is 0.565. The molecule has 3 nitrogen and oxygen atoms in total. The van der Waals surface area contributed by atoms with E-state index in [-0.39, 0.29) is 0 Å². The summed E-state index contributed by atoms with van der Waals surface area (Å²) in [4.78, 5) is 0. The standard InChI is InChI=1S/C14H27N3/c1-6-8-15-12(4)11(3)9-14-10-13(7-2)16-17(14)5/h10-12,15H,6-9H2,1-5H3. The summed E-state index contributed by atoms with van der Waals surface area (Å²) in [6, 6.07) is 2.80. The largest absolute Gasteiger partial charge is 0.314 e. The Kier molecular flexibility index (Phi) is 5.69. The third kappa shape index (κ3) is 4.15. The number of hydrogen-bond donors (Lipinski definition) is 1. The Balaban J connectivity index is 2.54. The molecule has 0 aliphatic carbocycles. The van der Waals surface area contributed by atoms with Gasteiger partial charge in [-0.1, -0.05) is 20.8 Å². The Morgan fingerprint density at radius 2 is 2.06 bits per heavy atom. The molecule has 0 aromatic carbocycles. The van der Waals surface area contributed by atoms with Crippen LogP contribution in [0.5, 0.6) is 0 Å². The summed E-state index contributed by atoms with van der Waals surface area (Å²) in [5, 5.41) is 8.06. The monoisotopic (exact) mass is 237 g/mol. The summed E-state index contributed by atoms with van der Waals surface area (Å²) in [7, 11) is 2.05. The molecule has 3 heteroatoms. The molecular weight excluding hydrogens is 210 g/mol. The van der Waals surface area contributed by atoms with Crippen LogP contribution in [0.25, 0.3) is 0 Å². The Morgan fingerprint density at radius 1 is 1.35 bits per heavy atom. The van der Waals surface area contributed by atoms with E-state index in [0.717, 1.165) is 19.4 Å². The molecule has 17 heavy (non-hydrogen) atoms. The predicted octanol–water partition coefficient (Wildman–Crippen LogP) is 2.55. The fraction of sp³-hybridized carbons (Fsp3) is 0.786. The summed E-state index contributed by atoms with van der Waals surface area (Å²) >= 11 is 0. The van der Waals surface area contributed by atoms with E-state index in [1.165, 1.54) is 17.8 Å². The molecule has 0 radical (unpaired) electrons. The van der Waals surface area contributed by atoms with E-state index >= 15 is 0 Å². The van der Waals surface area contributed by atoms with Crippen molar-refractivity contribution < 1.29 is 0 Å². The molecule has 0 fully saturated rings. The number of hydrogen-bond acceptors (Lipinski definition) is 2. The number of rotatable bonds is 7. The average molecular weight is 237 g/mol. The molecule has 1 heterocycles. The van der Waals surface area contributed by atoms with Crippen molar-refractivity contribution in [1.29, 1.82) is 0 Å². The van der Waals surface area contributed by atoms with Crippen LogP contribution in [0.4, 0.5) is 0 Å². The van der Waals surface area contributed by atoms with Gasteiger partial charge in [0.2, 0.25) is 0 Å². The summed E-state index contributed by atoms with van der Waals surface area (Å²) in [5.74, 6) is 0.640. The Bertz CT molecular complexity index is 330. The van der Waals surface area contributed by atoms with Gasteiger partial charge in [0.15, 0.2) is 0 Å². The van der Waals surface area contributed by atoms with Gasteiger partial charge in [-0.2, -0.15) is 5.10 Å². The summed E-state index contributed by atoms with van der Waals surface area (Å²) in [6.45, 7) is 10.1. The quantitative estimate of drug-likeness (QED) is 0.790. The van der Waals surface area contributed by atoms with Crippen LogP contribution >= 0.6 is 0 Å². The van der Waals surface area contributed by atoms with Crippen molar-refractivity contribution in [2.45, 2.75) is 53.0 Å². The maximum absolute atomic E-state index is 4.50. The lowest BCUT2D eigenvalue weighted by Gasteiger charge is -2.21. The normalized spacial score (nSPS) is 14.9. The third-order valence-electron chi connectivity index (χ3n) is 3.49. The molecule has 0 aliphatic rings. The van der Waals surface area contributed by atoms with Crippen molar-refractivity contribution in [3.8, 4) is 0 Å². The Hall–Kier alpha value is -0.830. The number of nitrogens with zero attached hydrogens (tertiary/aromatic N) is 2. The molecule has 98 valence electrons. The first-order valence-corrected chi connectivity index (χ1v) is 6.83. The van der Waals surface area contributed by atoms with Crippen LogP contribution in [0, 0.1) is 5.92 Å². The van der Waals surface area contributed by atoms with Gasteiger partial charge in [0, 0.05) is 18.8 Å². The van der Waals surface area contributed by atoms with Crippen LogP contribution in [-0.4, -0.2) is 22.4 Å². The summed E-state index contributed by atoms with van der Waals surface area (Å²) in [6.07, 6.45) is 3.32. The fourth-order valence-corrected chi connectivity index (χ4v) is 2.02. The van der Waals surface area contributed by atoms with E-state index < -0.39 is 0 Å². The van der Waals surface area contributed by atoms with Crippen LogP contribution in [-0.2, 0) is 19.9 Å². The molecule has 0 saturated heterocycles. The minimum atomic E-state index is 0.565. The minimum Gasteiger partial charge on any atom is -0.314 e. The van der Waals surface area contributed by atoms with Crippen molar-refractivity contribution >= 4 is 0 Å². The molecule has 2 atom stereocenters. The van der Waals surface area contributed by atoms with Crippen LogP contribution in [0.2, 0.25) is 0 Å². The van der Waals surface area contributed by atoms with Gasteiger partial charge < -0.3 is 5.32 Å². The van der Waals surface area contributed by atoms with Crippen LogP contribution in [0.1, 0.15) is 45.5 Å². The van der Waals surface area contributed by atoms with Crippen molar-refractivity contribution in [2.24, 2.45) is 13.0 Å². The molecule has 1 aromatic rings. The maximum atomic E-state index is 4.50. The van der Waals surface area contributed by atoms with E-state index in [0.29, 0.717) is 12.0 Å². The smallest absolute Gasteiger partial charge is 0.0624 e. The average Bonchev–Trinajstić information content (AvgIpc) is 2.67. The van der Waals surface area contributed by atoms with Crippen molar-refractivity contribution in [3.05, 3.63) is 17.5 Å². The number of aromatic nitrogens is 2. The molecule has 0 saturated carbocycles. The second-order valence-electron chi connectivity index (χ2n) is 5.03. The first-order valence-electron chi connectivity index (χ1n) is 6.83. The lowest BCUT2D eigenvalue weighted by molar-refractivity contribution is 0.392. The van der Waals surface area contributed by atoms with E-state index in [2.05, 4.69) is 44.2 Å². The number of nitrogens with one attached hydrogen (secondary N) is 1. The van der Waals surface area contributed by atoms with Crippen LogP contribution < -0.4 is 5.32 Å². The topological polar surface area (TPSA) is 29.9 Å². The zero-order valence-corrected chi connectivity index (χ0v) is 12.0. The molecule has 1 N–H and O–H groups in total. The van der Waals surface area contributed by atoms with E-state index in [4.69, 9.17) is 0 Å². The van der Waals surface area contributed by atoms with Gasteiger partial charge in [-0.25, -0.2) is 0 Å². The van der Waals surface area contributed by atoms with Gasteiger partial charge in [0.1, 0.15) is 0 Å². The zero-order valence-electron chi connectivity index (χ0n) is 12.0. The summed E-state index contributed by atoms with van der Waals surface area (Å²) < 4.78 is 2.03. The molecule has 0 bridgehead atoms. The maximum Gasteiger partial charge on any atom is 0.0624 e. The van der Waals surface area contributed by atoms with E-state index in [9.17, 15) is 0 Å². The number of aryl methyl sites for hydroxylation is 2. The van der Waals surface area contributed by atoms with E-state index in [1.807, 2.05) is 11.7 Å². The van der Waals surface area contributed by atoms with E-state index in [1.54, 1.807) is 0 Å². The molecule has 1 aromatic heterocycles. The molecule has 1 rings (SSSR count). The van der Waals surface area contributed by atoms with Crippen LogP contribution in [0.15, 0.2) is 6.07 Å². The van der Waals surface area contributed by atoms with Gasteiger partial charge >= 0.3 is 0 Å². The lowest BCUT2D eigenvalue weighted by Crippen LogP contribution is -2.33. The van der Waals surface area contributed by atoms with Gasteiger partial charge in [-0.05, 0) is 44.7 Å². The van der Waals surface area contributed by atoms with Crippen molar-refractivity contribution in [2.75, 3.05) is 6.54 Å². The SMILES string of the molecule is CCCNC(C)C(C)Cc1cc(CC)nn1C. The first kappa shape index (κ1) is 14.2. The Morgan fingerprint density at radius 3 is 2.59 bits per heavy atom. The highest BCUT2D eigenvalue weighted by Crippen LogP contribution is 2.13. The molecule has 0 amide bonds. The second-order valence-corrected chi connectivity index (χ2v) is 5.03. The van der Waals surface area contributed by atoms with Crippen molar-refractivity contribution in [3.63, 3.8) is 0 Å². The first-order chi connectivity index (χ1) is 8.08. The van der Waals surface area contributed by atoms with Gasteiger partial charge in [0.05, 0.1) is 5.69 Å². The third-order valence-corrected chi connectivity index (χ3v) is 3.49. The van der Waals surface area contributed by atoms with Gasteiger partial charge in [0.25, 0.3) is 0 Å². The highest BCUT2D eigenvalue weighted by atomic mass is 15.3. The highest BCUT2D eigenvalue weighted by molar-refractivity contribution is 5.11. The van der Waals surface area contributed by atoms with Crippen molar-refractivity contribution in [1.82, 2.24) is 15.1 Å². The van der Waals surface area contributed by atoms with Gasteiger partial charge in [-0.3, -0.25) is 4.68 Å².